The van der Waals surface area contributed by atoms with E-state index >= 15 is 0 Å². The molecule has 0 radical (unpaired) electrons. The summed E-state index contributed by atoms with van der Waals surface area (Å²) in [6.45, 7) is 2.79. The zero-order chi connectivity index (χ0) is 23.4. The van der Waals surface area contributed by atoms with Crippen molar-refractivity contribution in [3.63, 3.8) is 0 Å². The number of aromatic nitrogens is 4. The first-order chi connectivity index (χ1) is 15.8. The number of sulfonamides is 1. The van der Waals surface area contributed by atoms with Gasteiger partial charge in [0, 0.05) is 18.3 Å². The van der Waals surface area contributed by atoms with Crippen LogP contribution in [0.15, 0.2) is 30.6 Å². The molecule has 0 atom stereocenters. The van der Waals surface area contributed by atoms with Gasteiger partial charge in [-0.1, -0.05) is 12.1 Å². The van der Waals surface area contributed by atoms with E-state index in [9.17, 15) is 13.5 Å². The molecular formula is C22H31N7O3S. The van der Waals surface area contributed by atoms with E-state index in [4.69, 9.17) is 15.1 Å². The Morgan fingerprint density at radius 2 is 1.88 bits per heavy atom. The number of aliphatic hydroxyl groups excluding tert-OH is 1. The molecule has 2 heterocycles. The van der Waals surface area contributed by atoms with Crippen LogP contribution in [0, 0.1) is 0 Å². The number of nitrogens with zero attached hydrogens (tertiary/aromatic N) is 4. The number of fused-ring (bicyclic) bond motifs is 1. The van der Waals surface area contributed by atoms with Gasteiger partial charge < -0.3 is 20.3 Å². The molecule has 1 aliphatic carbocycles. The first kappa shape index (κ1) is 23.4. The summed E-state index contributed by atoms with van der Waals surface area (Å²) in [6, 6.07) is 8.02. The Kier molecular flexibility index (Phi) is 7.11. The normalized spacial score (nSPS) is 19.0. The molecular weight excluding hydrogens is 442 g/mol. The van der Waals surface area contributed by atoms with Crippen molar-refractivity contribution < 1.29 is 13.5 Å². The highest BCUT2D eigenvalue weighted by Crippen LogP contribution is 2.27. The minimum absolute atomic E-state index is 0.0261. The SMILES string of the molecule is CCn1cnc2c(Nc3ccc(CCCS(N)(=O)=O)cc3)nc(NC3CCC(O)CC3)nc21. The van der Waals surface area contributed by atoms with Crippen LogP contribution >= 0.6 is 0 Å². The highest BCUT2D eigenvalue weighted by molar-refractivity contribution is 7.89. The van der Waals surface area contributed by atoms with Crippen LogP contribution in [0.2, 0.25) is 0 Å². The molecule has 10 nitrogen and oxygen atoms in total. The summed E-state index contributed by atoms with van der Waals surface area (Å²) in [5.74, 6) is 1.13. The third-order valence-corrected chi connectivity index (χ3v) is 6.80. The van der Waals surface area contributed by atoms with Gasteiger partial charge in [-0.3, -0.25) is 0 Å². The smallest absolute Gasteiger partial charge is 0.227 e. The molecule has 33 heavy (non-hydrogen) atoms. The number of nitrogens with two attached hydrogens (primary N) is 1. The average Bonchev–Trinajstić information content (AvgIpc) is 3.19. The number of primary sulfonamides is 1. The van der Waals surface area contributed by atoms with Crippen LogP contribution in [-0.4, -0.2) is 50.9 Å². The van der Waals surface area contributed by atoms with Crippen molar-refractivity contribution in [2.75, 3.05) is 16.4 Å². The third-order valence-electron chi connectivity index (χ3n) is 5.95. The maximum Gasteiger partial charge on any atom is 0.227 e. The monoisotopic (exact) mass is 473 g/mol. The minimum Gasteiger partial charge on any atom is -0.393 e. The van der Waals surface area contributed by atoms with Crippen molar-refractivity contribution in [3.05, 3.63) is 36.2 Å². The lowest BCUT2D eigenvalue weighted by Gasteiger charge is -2.26. The van der Waals surface area contributed by atoms with Gasteiger partial charge in [0.25, 0.3) is 0 Å². The summed E-state index contributed by atoms with van der Waals surface area (Å²) < 4.78 is 24.2. The fraction of sp³-hybridized carbons (Fsp3) is 0.500. The first-order valence-electron chi connectivity index (χ1n) is 11.3. The second-order valence-electron chi connectivity index (χ2n) is 8.54. The predicted octanol–water partition coefficient (Wildman–Crippen LogP) is 2.53. The van der Waals surface area contributed by atoms with Gasteiger partial charge in [-0.25, -0.2) is 18.5 Å². The predicted molar refractivity (Wildman–Crippen MR) is 129 cm³/mol. The molecule has 11 heteroatoms. The lowest BCUT2D eigenvalue weighted by Crippen LogP contribution is -2.29. The molecule has 2 aromatic heterocycles. The van der Waals surface area contributed by atoms with Gasteiger partial charge in [-0.05, 0) is 63.1 Å². The molecule has 1 aromatic carbocycles. The second kappa shape index (κ2) is 10.0. The van der Waals surface area contributed by atoms with Gasteiger partial charge in [-0.15, -0.1) is 0 Å². The molecule has 4 rings (SSSR count). The average molecular weight is 474 g/mol. The Morgan fingerprint density at radius 1 is 1.15 bits per heavy atom. The van der Waals surface area contributed by atoms with Crippen LogP contribution in [0.25, 0.3) is 11.2 Å². The fourth-order valence-corrected chi connectivity index (χ4v) is 4.65. The topological polar surface area (TPSA) is 148 Å². The maximum atomic E-state index is 11.1. The molecule has 3 aromatic rings. The fourth-order valence-electron chi connectivity index (χ4n) is 4.10. The van der Waals surface area contributed by atoms with Gasteiger partial charge in [0.15, 0.2) is 17.0 Å². The highest BCUT2D eigenvalue weighted by Gasteiger charge is 2.21. The molecule has 1 aliphatic rings. The quantitative estimate of drug-likeness (QED) is 0.370. The van der Waals surface area contributed by atoms with Crippen molar-refractivity contribution in [1.29, 1.82) is 0 Å². The van der Waals surface area contributed by atoms with E-state index in [0.717, 1.165) is 49.1 Å². The Morgan fingerprint density at radius 3 is 2.55 bits per heavy atom. The molecule has 0 spiro atoms. The Hall–Kier alpha value is -2.76. The van der Waals surface area contributed by atoms with Gasteiger partial charge in [-0.2, -0.15) is 9.97 Å². The zero-order valence-corrected chi connectivity index (χ0v) is 19.6. The van der Waals surface area contributed by atoms with E-state index in [1.54, 1.807) is 6.33 Å². The van der Waals surface area contributed by atoms with Crippen molar-refractivity contribution in [2.24, 2.45) is 5.14 Å². The van der Waals surface area contributed by atoms with E-state index in [1.807, 2.05) is 35.8 Å². The van der Waals surface area contributed by atoms with E-state index in [1.165, 1.54) is 0 Å². The zero-order valence-electron chi connectivity index (χ0n) is 18.7. The Labute approximate surface area is 193 Å². The van der Waals surface area contributed by atoms with Gasteiger partial charge >= 0.3 is 0 Å². The van der Waals surface area contributed by atoms with Crippen molar-refractivity contribution in [3.8, 4) is 0 Å². The number of anilines is 3. The summed E-state index contributed by atoms with van der Waals surface area (Å²) in [7, 11) is -3.44. The van der Waals surface area contributed by atoms with Crippen molar-refractivity contribution in [2.45, 2.75) is 64.1 Å². The summed E-state index contributed by atoms with van der Waals surface area (Å²) in [5.41, 5.74) is 3.34. The first-order valence-corrected chi connectivity index (χ1v) is 13.1. The lowest BCUT2D eigenvalue weighted by molar-refractivity contribution is 0.126. The van der Waals surface area contributed by atoms with Gasteiger partial charge in [0.2, 0.25) is 16.0 Å². The maximum absolute atomic E-state index is 11.1. The van der Waals surface area contributed by atoms with Crippen LogP contribution in [0.4, 0.5) is 17.5 Å². The van der Waals surface area contributed by atoms with E-state index in [0.29, 0.717) is 30.1 Å². The van der Waals surface area contributed by atoms with Crippen LogP contribution < -0.4 is 15.8 Å². The summed E-state index contributed by atoms with van der Waals surface area (Å²) in [6.07, 6.45) is 5.99. The number of imidazole rings is 1. The lowest BCUT2D eigenvalue weighted by atomic mass is 9.93. The largest absolute Gasteiger partial charge is 0.393 e. The Balaban J connectivity index is 1.52. The number of hydrogen-bond donors (Lipinski definition) is 4. The summed E-state index contributed by atoms with van der Waals surface area (Å²) in [5, 5.41) is 21.6. The Bertz CT molecular complexity index is 1190. The number of hydrogen-bond acceptors (Lipinski definition) is 8. The molecule has 5 N–H and O–H groups in total. The molecule has 0 bridgehead atoms. The molecule has 0 unspecified atom stereocenters. The highest BCUT2D eigenvalue weighted by atomic mass is 32.2. The molecule has 0 saturated heterocycles. The van der Waals surface area contributed by atoms with Gasteiger partial charge in [0.1, 0.15) is 0 Å². The number of nitrogens with one attached hydrogen (secondary N) is 2. The molecule has 0 amide bonds. The number of benzene rings is 1. The van der Waals surface area contributed by atoms with Crippen LogP contribution in [0.1, 0.15) is 44.6 Å². The third kappa shape index (κ3) is 6.18. The van der Waals surface area contributed by atoms with Gasteiger partial charge in [0.05, 0.1) is 18.2 Å². The number of aryl methyl sites for hydroxylation is 2. The summed E-state index contributed by atoms with van der Waals surface area (Å²) >= 11 is 0. The number of rotatable bonds is 9. The minimum atomic E-state index is -3.44. The molecule has 1 saturated carbocycles. The van der Waals surface area contributed by atoms with E-state index < -0.39 is 10.0 Å². The molecule has 178 valence electrons. The van der Waals surface area contributed by atoms with Crippen molar-refractivity contribution in [1.82, 2.24) is 19.5 Å². The van der Waals surface area contributed by atoms with Crippen LogP contribution in [0.3, 0.4) is 0 Å². The molecule has 1 fully saturated rings. The number of aliphatic hydroxyl groups is 1. The molecule has 0 aliphatic heterocycles. The second-order valence-corrected chi connectivity index (χ2v) is 10.3. The van der Waals surface area contributed by atoms with E-state index in [-0.39, 0.29) is 17.9 Å². The van der Waals surface area contributed by atoms with Crippen LogP contribution in [0.5, 0.6) is 0 Å². The van der Waals surface area contributed by atoms with Crippen LogP contribution in [-0.2, 0) is 23.0 Å². The standard InChI is InChI=1S/C22H31N7O3S/c1-2-29-14-24-19-20(25-16-7-5-15(6-8-16)4-3-13-33(23,31)32)27-22(28-21(19)29)26-17-9-11-18(30)12-10-17/h5-8,14,17-18,30H,2-4,9-13H2,1H3,(H2,23,31,32)(H2,25,26,27,28). The summed E-state index contributed by atoms with van der Waals surface area (Å²) in [4.78, 5) is 13.9. The van der Waals surface area contributed by atoms with Crippen molar-refractivity contribution >= 4 is 38.6 Å². The van der Waals surface area contributed by atoms with E-state index in [2.05, 4.69) is 15.6 Å².